The Hall–Kier alpha value is -1.92. The lowest BCUT2D eigenvalue weighted by Gasteiger charge is -2.24. The van der Waals surface area contributed by atoms with Crippen LogP contribution in [-0.4, -0.2) is 25.1 Å². The molecule has 0 bridgehead atoms. The number of hydrogen-bond donors (Lipinski definition) is 1. The maximum Gasteiger partial charge on any atom is 0.265 e. The van der Waals surface area contributed by atoms with Crippen LogP contribution in [0.4, 0.5) is 5.69 Å². The maximum absolute atomic E-state index is 12.8. The number of anilines is 1. The molecule has 1 N–H and O–H groups in total. The average Bonchev–Trinajstić information content (AvgIpc) is 2.68. The minimum absolute atomic E-state index is 0.163. The van der Waals surface area contributed by atoms with E-state index < -0.39 is 16.1 Å². The van der Waals surface area contributed by atoms with Gasteiger partial charge in [-0.2, -0.15) is 0 Å². The number of aliphatic hydroxyl groups is 1. The van der Waals surface area contributed by atoms with Crippen molar-refractivity contribution in [2.24, 2.45) is 0 Å². The fourth-order valence-corrected chi connectivity index (χ4v) is 4.07. The van der Waals surface area contributed by atoms with E-state index in [2.05, 4.69) is 4.98 Å². The van der Waals surface area contributed by atoms with Crippen LogP contribution in [0.2, 0.25) is 0 Å². The van der Waals surface area contributed by atoms with Crippen molar-refractivity contribution in [3.63, 3.8) is 0 Å². The van der Waals surface area contributed by atoms with E-state index in [-0.39, 0.29) is 4.90 Å². The van der Waals surface area contributed by atoms with Crippen molar-refractivity contribution in [2.75, 3.05) is 10.8 Å². The van der Waals surface area contributed by atoms with Crippen LogP contribution in [0.1, 0.15) is 24.5 Å². The summed E-state index contributed by atoms with van der Waals surface area (Å²) in [6.07, 6.45) is 3.42. The number of sulfonamides is 1. The number of pyridine rings is 1. The monoisotopic (exact) mass is 304 g/mol. The molecular formula is C15H16N2O3S. The quantitative estimate of drug-likeness (QED) is 0.922. The summed E-state index contributed by atoms with van der Waals surface area (Å²) in [5.41, 5.74) is 1.20. The lowest BCUT2D eigenvalue weighted by Crippen LogP contribution is -2.31. The topological polar surface area (TPSA) is 70.5 Å². The summed E-state index contributed by atoms with van der Waals surface area (Å²) in [4.78, 5) is 4.05. The number of fused-ring (bicyclic) bond motifs is 1. The summed E-state index contributed by atoms with van der Waals surface area (Å²) < 4.78 is 27.0. The lowest BCUT2D eigenvalue weighted by molar-refractivity contribution is 0.168. The zero-order valence-electron chi connectivity index (χ0n) is 11.4. The van der Waals surface area contributed by atoms with E-state index >= 15 is 0 Å². The molecule has 0 spiro atoms. The highest BCUT2D eigenvalue weighted by Crippen LogP contribution is 2.35. The molecule has 1 aromatic heterocycles. The lowest BCUT2D eigenvalue weighted by atomic mass is 10.1. The van der Waals surface area contributed by atoms with Gasteiger partial charge in [0.25, 0.3) is 10.0 Å². The van der Waals surface area contributed by atoms with Gasteiger partial charge in [-0.05, 0) is 31.0 Å². The zero-order chi connectivity index (χ0) is 14.9. The smallest absolute Gasteiger partial charge is 0.265 e. The van der Waals surface area contributed by atoms with Crippen LogP contribution in [0.3, 0.4) is 0 Å². The van der Waals surface area contributed by atoms with Gasteiger partial charge in [0.1, 0.15) is 4.90 Å². The van der Waals surface area contributed by atoms with E-state index in [9.17, 15) is 13.5 Å². The van der Waals surface area contributed by atoms with Crippen molar-refractivity contribution >= 4 is 15.7 Å². The first-order chi connectivity index (χ1) is 10.1. The van der Waals surface area contributed by atoms with Crippen molar-refractivity contribution in [1.29, 1.82) is 0 Å². The highest BCUT2D eigenvalue weighted by molar-refractivity contribution is 7.92. The molecule has 0 saturated carbocycles. The van der Waals surface area contributed by atoms with Crippen LogP contribution in [-0.2, 0) is 10.0 Å². The molecule has 0 fully saturated rings. The second kappa shape index (κ2) is 5.46. The number of nitrogens with zero attached hydrogens (tertiary/aromatic N) is 2. The molecule has 1 aliphatic heterocycles. The molecule has 6 heteroatoms. The second-order valence-electron chi connectivity index (χ2n) is 4.98. The standard InChI is InChI=1S/C15H16N2O3S/c18-15-8-4-10-17(14-7-2-1-6-13(14)15)21(19,20)12-5-3-9-16-11-12/h1-3,5-7,9,11,15,18H,4,8,10H2. The minimum atomic E-state index is -3.66. The molecule has 0 radical (unpaired) electrons. The van der Waals surface area contributed by atoms with Crippen LogP contribution in [0.25, 0.3) is 0 Å². The van der Waals surface area contributed by atoms with E-state index in [1.807, 2.05) is 6.07 Å². The molecule has 3 rings (SSSR count). The molecule has 5 nitrogen and oxygen atoms in total. The fourth-order valence-electron chi connectivity index (χ4n) is 2.58. The third-order valence-electron chi connectivity index (χ3n) is 3.63. The number of aliphatic hydroxyl groups excluding tert-OH is 1. The normalized spacial score (nSPS) is 18.9. The molecular weight excluding hydrogens is 288 g/mol. The Kier molecular flexibility index (Phi) is 3.65. The van der Waals surface area contributed by atoms with Gasteiger partial charge in [-0.15, -0.1) is 0 Å². The summed E-state index contributed by atoms with van der Waals surface area (Å²) in [6, 6.07) is 10.2. The van der Waals surface area contributed by atoms with Crippen molar-refractivity contribution in [1.82, 2.24) is 4.98 Å². The molecule has 0 aliphatic carbocycles. The van der Waals surface area contributed by atoms with Crippen molar-refractivity contribution in [3.05, 3.63) is 54.4 Å². The summed E-state index contributed by atoms with van der Waals surface area (Å²) >= 11 is 0. The second-order valence-corrected chi connectivity index (χ2v) is 6.85. The van der Waals surface area contributed by atoms with Crippen molar-refractivity contribution in [2.45, 2.75) is 23.8 Å². The van der Waals surface area contributed by atoms with Crippen molar-refractivity contribution in [3.8, 4) is 0 Å². The Morgan fingerprint density at radius 1 is 1.19 bits per heavy atom. The zero-order valence-corrected chi connectivity index (χ0v) is 12.2. The Morgan fingerprint density at radius 3 is 2.76 bits per heavy atom. The summed E-state index contributed by atoms with van der Waals surface area (Å²) in [6.45, 7) is 0.352. The van der Waals surface area contributed by atoms with E-state index in [4.69, 9.17) is 0 Å². The Labute approximate surface area is 123 Å². The van der Waals surface area contributed by atoms with Crippen molar-refractivity contribution < 1.29 is 13.5 Å². The van der Waals surface area contributed by atoms with Gasteiger partial charge in [0.2, 0.25) is 0 Å². The molecule has 110 valence electrons. The number of aromatic nitrogens is 1. The van der Waals surface area contributed by atoms with E-state index in [1.165, 1.54) is 16.6 Å². The molecule has 21 heavy (non-hydrogen) atoms. The first-order valence-corrected chi connectivity index (χ1v) is 8.24. The van der Waals surface area contributed by atoms with E-state index in [0.29, 0.717) is 30.6 Å². The highest BCUT2D eigenvalue weighted by Gasteiger charge is 2.30. The predicted octanol–water partition coefficient (Wildman–Crippen LogP) is 2.10. The van der Waals surface area contributed by atoms with Gasteiger partial charge < -0.3 is 5.11 Å². The molecule has 1 atom stereocenters. The Balaban J connectivity index is 2.12. The molecule has 0 amide bonds. The molecule has 1 aromatic carbocycles. The SMILES string of the molecule is O=S(=O)(c1cccnc1)N1CCCC(O)c2ccccc21. The van der Waals surface area contributed by atoms with E-state index in [0.717, 1.165) is 0 Å². The third kappa shape index (κ3) is 2.52. The number of rotatable bonds is 2. The van der Waals surface area contributed by atoms with Crippen LogP contribution in [0, 0.1) is 0 Å². The van der Waals surface area contributed by atoms with Gasteiger partial charge in [0, 0.05) is 24.5 Å². The van der Waals surface area contributed by atoms with Crippen LogP contribution in [0.15, 0.2) is 53.7 Å². The first kappa shape index (κ1) is 14.0. The summed E-state index contributed by atoms with van der Waals surface area (Å²) in [5.74, 6) is 0. The van der Waals surface area contributed by atoms with Gasteiger partial charge >= 0.3 is 0 Å². The van der Waals surface area contributed by atoms with Gasteiger partial charge in [-0.25, -0.2) is 8.42 Å². The molecule has 1 unspecified atom stereocenters. The number of para-hydroxylation sites is 1. The van der Waals surface area contributed by atoms with Gasteiger partial charge in [0.05, 0.1) is 11.8 Å². The number of benzene rings is 1. The summed E-state index contributed by atoms with van der Waals surface area (Å²) in [5, 5.41) is 10.2. The molecule has 2 aromatic rings. The van der Waals surface area contributed by atoms with Gasteiger partial charge in [-0.3, -0.25) is 9.29 Å². The molecule has 2 heterocycles. The maximum atomic E-state index is 12.8. The first-order valence-electron chi connectivity index (χ1n) is 6.80. The van der Waals surface area contributed by atoms with Gasteiger partial charge in [0.15, 0.2) is 0 Å². The van der Waals surface area contributed by atoms with Gasteiger partial charge in [-0.1, -0.05) is 18.2 Å². The van der Waals surface area contributed by atoms with Crippen LogP contribution < -0.4 is 4.31 Å². The van der Waals surface area contributed by atoms with Crippen LogP contribution >= 0.6 is 0 Å². The Bertz CT molecular complexity index is 732. The Morgan fingerprint density at radius 2 is 2.00 bits per heavy atom. The molecule has 0 saturated heterocycles. The minimum Gasteiger partial charge on any atom is -0.388 e. The van der Waals surface area contributed by atoms with Crippen LogP contribution in [0.5, 0.6) is 0 Å². The fraction of sp³-hybridized carbons (Fsp3) is 0.267. The van der Waals surface area contributed by atoms with E-state index in [1.54, 1.807) is 30.5 Å². The predicted molar refractivity (Wildman–Crippen MR) is 79.4 cm³/mol. The largest absolute Gasteiger partial charge is 0.388 e. The number of hydrogen-bond acceptors (Lipinski definition) is 4. The average molecular weight is 304 g/mol. The highest BCUT2D eigenvalue weighted by atomic mass is 32.2. The summed E-state index contributed by atoms with van der Waals surface area (Å²) in [7, 11) is -3.66. The molecule has 1 aliphatic rings. The third-order valence-corrected chi connectivity index (χ3v) is 5.42.